The van der Waals surface area contributed by atoms with Crippen molar-refractivity contribution in [1.29, 1.82) is 0 Å². The van der Waals surface area contributed by atoms with E-state index in [4.69, 9.17) is 5.84 Å². The van der Waals surface area contributed by atoms with Crippen LogP contribution in [0.2, 0.25) is 0 Å². The van der Waals surface area contributed by atoms with Crippen LogP contribution in [-0.4, -0.2) is 9.78 Å². The van der Waals surface area contributed by atoms with Crippen LogP contribution >= 0.6 is 0 Å². The molecule has 0 aromatic carbocycles. The van der Waals surface area contributed by atoms with E-state index in [1.54, 1.807) is 0 Å². The van der Waals surface area contributed by atoms with E-state index in [1.165, 1.54) is 19.3 Å². The monoisotopic (exact) mass is 194 g/mol. The molecule has 78 valence electrons. The van der Waals surface area contributed by atoms with Crippen molar-refractivity contribution in [1.82, 2.24) is 15.2 Å². The summed E-state index contributed by atoms with van der Waals surface area (Å²) < 4.78 is 1.82. The summed E-state index contributed by atoms with van der Waals surface area (Å²) in [5.41, 5.74) is 3.91. The quantitative estimate of drug-likeness (QED) is 0.557. The lowest BCUT2D eigenvalue weighted by atomic mass is 9.80. The second-order valence-electron chi connectivity index (χ2n) is 4.17. The molecule has 1 aliphatic carbocycles. The lowest BCUT2D eigenvalue weighted by Crippen LogP contribution is -2.31. The highest BCUT2D eigenvalue weighted by Gasteiger charge is 2.23. The molecule has 0 amide bonds. The van der Waals surface area contributed by atoms with Gasteiger partial charge in [0.2, 0.25) is 0 Å². The summed E-state index contributed by atoms with van der Waals surface area (Å²) in [5, 5.41) is 4.37. The Morgan fingerprint density at radius 2 is 2.50 bits per heavy atom. The fraction of sp³-hybridized carbons (Fsp3) is 0.700. The molecule has 4 nitrogen and oxygen atoms in total. The van der Waals surface area contributed by atoms with Gasteiger partial charge in [0.15, 0.2) is 0 Å². The molecular formula is C10H18N4. The molecule has 1 atom stereocenters. The number of hydrogen-bond acceptors (Lipinski definition) is 3. The number of hydrazine groups is 1. The summed E-state index contributed by atoms with van der Waals surface area (Å²) >= 11 is 0. The van der Waals surface area contributed by atoms with E-state index in [0.29, 0.717) is 0 Å². The first-order chi connectivity index (χ1) is 6.79. The van der Waals surface area contributed by atoms with Gasteiger partial charge in [0, 0.05) is 13.2 Å². The molecule has 0 bridgehead atoms. The van der Waals surface area contributed by atoms with E-state index in [-0.39, 0.29) is 6.04 Å². The summed E-state index contributed by atoms with van der Waals surface area (Å²) in [4.78, 5) is 0. The normalized spacial score (nSPS) is 19.3. The van der Waals surface area contributed by atoms with Gasteiger partial charge in [-0.15, -0.1) is 0 Å². The van der Waals surface area contributed by atoms with Crippen molar-refractivity contribution >= 4 is 0 Å². The molecule has 4 heteroatoms. The van der Waals surface area contributed by atoms with Crippen molar-refractivity contribution in [3.8, 4) is 0 Å². The van der Waals surface area contributed by atoms with Crippen LogP contribution in [0.3, 0.4) is 0 Å². The fourth-order valence-corrected chi connectivity index (χ4v) is 1.95. The van der Waals surface area contributed by atoms with E-state index in [9.17, 15) is 0 Å². The van der Waals surface area contributed by atoms with E-state index in [0.717, 1.165) is 18.0 Å². The highest BCUT2D eigenvalue weighted by atomic mass is 15.3. The molecule has 1 saturated carbocycles. The van der Waals surface area contributed by atoms with Gasteiger partial charge in [-0.05, 0) is 18.4 Å². The molecule has 1 aromatic heterocycles. The number of aryl methyl sites for hydroxylation is 1. The van der Waals surface area contributed by atoms with Crippen molar-refractivity contribution in [2.45, 2.75) is 31.7 Å². The maximum Gasteiger partial charge on any atom is 0.0807 e. The smallest absolute Gasteiger partial charge is 0.0807 e. The molecule has 3 N–H and O–H groups in total. The predicted molar refractivity (Wildman–Crippen MR) is 55.2 cm³/mol. The molecule has 1 unspecified atom stereocenters. The van der Waals surface area contributed by atoms with Crippen molar-refractivity contribution < 1.29 is 0 Å². The average Bonchev–Trinajstić information content (AvgIpc) is 2.50. The van der Waals surface area contributed by atoms with Gasteiger partial charge < -0.3 is 0 Å². The minimum atomic E-state index is 0.224. The van der Waals surface area contributed by atoms with E-state index in [1.807, 2.05) is 24.0 Å². The van der Waals surface area contributed by atoms with Crippen molar-refractivity contribution in [3.05, 3.63) is 18.0 Å². The molecule has 0 aliphatic heterocycles. The molecular weight excluding hydrogens is 176 g/mol. The summed E-state index contributed by atoms with van der Waals surface area (Å²) in [6.07, 6.45) is 7.16. The van der Waals surface area contributed by atoms with Gasteiger partial charge in [-0.2, -0.15) is 5.10 Å². The Bertz CT molecular complexity index is 290. The van der Waals surface area contributed by atoms with Gasteiger partial charge >= 0.3 is 0 Å². The van der Waals surface area contributed by atoms with Crippen LogP contribution in [0.15, 0.2) is 12.3 Å². The van der Waals surface area contributed by atoms with Gasteiger partial charge in [-0.3, -0.25) is 16.0 Å². The molecule has 0 saturated heterocycles. The molecule has 1 aliphatic rings. The first-order valence-corrected chi connectivity index (χ1v) is 5.25. The Labute approximate surface area is 84.4 Å². The molecule has 1 heterocycles. The topological polar surface area (TPSA) is 55.9 Å². The number of nitrogens with zero attached hydrogens (tertiary/aromatic N) is 2. The van der Waals surface area contributed by atoms with Gasteiger partial charge in [0.25, 0.3) is 0 Å². The van der Waals surface area contributed by atoms with Crippen LogP contribution in [0.1, 0.15) is 37.4 Å². The number of aromatic nitrogens is 2. The van der Waals surface area contributed by atoms with Gasteiger partial charge in [-0.25, -0.2) is 0 Å². The number of nitrogens with two attached hydrogens (primary N) is 1. The third kappa shape index (κ3) is 1.96. The zero-order valence-corrected chi connectivity index (χ0v) is 8.61. The summed E-state index contributed by atoms with van der Waals surface area (Å²) in [7, 11) is 1.93. The highest BCUT2D eigenvalue weighted by Crippen LogP contribution is 2.33. The molecule has 1 aromatic rings. The molecule has 14 heavy (non-hydrogen) atoms. The Balaban J connectivity index is 1.97. The van der Waals surface area contributed by atoms with Crippen LogP contribution in [0.4, 0.5) is 0 Å². The molecule has 0 spiro atoms. The standard InChI is InChI=1S/C10H18N4/c1-14-6-5-9(13-14)10(12-11)7-8-3-2-4-8/h5-6,8,10,12H,2-4,7,11H2,1H3. The van der Waals surface area contributed by atoms with Crippen LogP contribution in [0.5, 0.6) is 0 Å². The van der Waals surface area contributed by atoms with Gasteiger partial charge in [-0.1, -0.05) is 19.3 Å². The van der Waals surface area contributed by atoms with Crippen molar-refractivity contribution in [2.24, 2.45) is 18.8 Å². The molecule has 2 rings (SSSR count). The minimum Gasteiger partial charge on any atom is -0.275 e. The summed E-state index contributed by atoms with van der Waals surface area (Å²) in [6, 6.07) is 2.25. The Hall–Kier alpha value is -0.870. The first kappa shape index (κ1) is 9.68. The third-order valence-electron chi connectivity index (χ3n) is 3.09. The highest BCUT2D eigenvalue weighted by molar-refractivity contribution is 5.05. The van der Waals surface area contributed by atoms with Crippen molar-refractivity contribution in [2.75, 3.05) is 0 Å². The SMILES string of the molecule is Cn1ccc(C(CC2CCC2)NN)n1. The molecule has 0 radical (unpaired) electrons. The zero-order chi connectivity index (χ0) is 9.97. The maximum absolute atomic E-state index is 5.54. The first-order valence-electron chi connectivity index (χ1n) is 5.25. The second kappa shape index (κ2) is 4.11. The lowest BCUT2D eigenvalue weighted by Gasteiger charge is -2.28. The van der Waals surface area contributed by atoms with Gasteiger partial charge in [0.05, 0.1) is 11.7 Å². The predicted octanol–water partition coefficient (Wildman–Crippen LogP) is 1.11. The van der Waals surface area contributed by atoms with E-state index >= 15 is 0 Å². The van der Waals surface area contributed by atoms with E-state index < -0.39 is 0 Å². The average molecular weight is 194 g/mol. The fourth-order valence-electron chi connectivity index (χ4n) is 1.95. The second-order valence-corrected chi connectivity index (χ2v) is 4.17. The van der Waals surface area contributed by atoms with Crippen LogP contribution in [0.25, 0.3) is 0 Å². The Morgan fingerprint density at radius 3 is 2.93 bits per heavy atom. The summed E-state index contributed by atoms with van der Waals surface area (Å²) in [6.45, 7) is 0. The maximum atomic E-state index is 5.54. The summed E-state index contributed by atoms with van der Waals surface area (Å²) in [5.74, 6) is 6.39. The Kier molecular flexibility index (Phi) is 2.84. The lowest BCUT2D eigenvalue weighted by molar-refractivity contribution is 0.259. The van der Waals surface area contributed by atoms with Crippen LogP contribution in [0, 0.1) is 5.92 Å². The number of nitrogens with one attached hydrogen (secondary N) is 1. The van der Waals surface area contributed by atoms with Crippen molar-refractivity contribution in [3.63, 3.8) is 0 Å². The van der Waals surface area contributed by atoms with Gasteiger partial charge in [0.1, 0.15) is 0 Å². The van der Waals surface area contributed by atoms with Crippen LogP contribution < -0.4 is 11.3 Å². The number of rotatable bonds is 4. The zero-order valence-electron chi connectivity index (χ0n) is 8.61. The largest absolute Gasteiger partial charge is 0.275 e. The molecule has 1 fully saturated rings. The minimum absolute atomic E-state index is 0.224. The van der Waals surface area contributed by atoms with E-state index in [2.05, 4.69) is 10.5 Å². The number of hydrogen-bond donors (Lipinski definition) is 2. The third-order valence-corrected chi connectivity index (χ3v) is 3.09. The Morgan fingerprint density at radius 1 is 1.71 bits per heavy atom. The van der Waals surface area contributed by atoms with Crippen LogP contribution in [-0.2, 0) is 7.05 Å².